The van der Waals surface area contributed by atoms with Gasteiger partial charge in [-0.3, -0.25) is 0 Å². The summed E-state index contributed by atoms with van der Waals surface area (Å²) in [6.45, 7) is 0. The summed E-state index contributed by atoms with van der Waals surface area (Å²) in [7, 11) is 0. The van der Waals surface area contributed by atoms with Gasteiger partial charge in [0.15, 0.2) is 11.7 Å². The lowest BCUT2D eigenvalue weighted by Gasteiger charge is -2.12. The van der Waals surface area contributed by atoms with Crippen molar-refractivity contribution >= 4 is 11.7 Å². The molecule has 0 heterocycles. The Morgan fingerprint density at radius 2 is 1.14 bits per heavy atom. The van der Waals surface area contributed by atoms with Gasteiger partial charge >= 0.3 is 0 Å². The number of hydrogen-bond donors (Lipinski definition) is 4. The minimum Gasteiger partial charge on any atom is -0.456 e. The van der Waals surface area contributed by atoms with E-state index in [1.54, 1.807) is 48.5 Å². The second-order valence-electron chi connectivity index (χ2n) is 4.06. The number of benzene rings is 2. The predicted molar refractivity (Wildman–Crippen MR) is 78.0 cm³/mol. The molecule has 7 heteroatoms. The van der Waals surface area contributed by atoms with Gasteiger partial charge < -0.3 is 26.6 Å². The molecule has 0 bridgehead atoms. The summed E-state index contributed by atoms with van der Waals surface area (Å²) in [4.78, 5) is 0. The van der Waals surface area contributed by atoms with Crippen LogP contribution in [0.3, 0.4) is 0 Å². The molecule has 21 heavy (non-hydrogen) atoms. The second-order valence-corrected chi connectivity index (χ2v) is 4.06. The molecule has 108 valence electrons. The van der Waals surface area contributed by atoms with Crippen molar-refractivity contribution in [2.75, 3.05) is 0 Å². The van der Waals surface area contributed by atoms with Gasteiger partial charge in [-0.1, -0.05) is 34.6 Å². The van der Waals surface area contributed by atoms with E-state index in [0.29, 0.717) is 22.6 Å². The van der Waals surface area contributed by atoms with Crippen molar-refractivity contribution in [1.29, 1.82) is 0 Å². The third-order valence-electron chi connectivity index (χ3n) is 2.76. The summed E-state index contributed by atoms with van der Waals surface area (Å²) in [5.41, 5.74) is 12.1. The number of nitrogens with two attached hydrogens (primary N) is 2. The molecule has 6 N–H and O–H groups in total. The quantitative estimate of drug-likeness (QED) is 0.294. The molecule has 2 rings (SSSR count). The summed E-state index contributed by atoms with van der Waals surface area (Å²) in [6, 6.07) is 13.6. The van der Waals surface area contributed by atoms with E-state index in [4.69, 9.17) is 26.6 Å². The van der Waals surface area contributed by atoms with Crippen LogP contribution in [-0.2, 0) is 0 Å². The molecule has 0 unspecified atom stereocenters. The predicted octanol–water partition coefficient (Wildman–Crippen LogP) is 1.67. The van der Waals surface area contributed by atoms with E-state index >= 15 is 0 Å². The van der Waals surface area contributed by atoms with Crippen LogP contribution in [0.5, 0.6) is 11.5 Å². The van der Waals surface area contributed by atoms with Gasteiger partial charge in [-0.05, 0) is 24.3 Å². The maximum absolute atomic E-state index is 8.79. The summed E-state index contributed by atoms with van der Waals surface area (Å²) in [5.74, 6) is 0.607. The molecule has 0 saturated heterocycles. The monoisotopic (exact) mass is 286 g/mol. The van der Waals surface area contributed by atoms with Gasteiger partial charge in [0.25, 0.3) is 0 Å². The summed E-state index contributed by atoms with van der Waals surface area (Å²) < 4.78 is 5.74. The third-order valence-corrected chi connectivity index (χ3v) is 2.76. The van der Waals surface area contributed by atoms with Crippen LogP contribution in [-0.4, -0.2) is 22.1 Å². The highest BCUT2D eigenvalue weighted by Crippen LogP contribution is 2.27. The van der Waals surface area contributed by atoms with Crippen molar-refractivity contribution < 1.29 is 15.2 Å². The van der Waals surface area contributed by atoms with E-state index in [9.17, 15) is 0 Å². The number of rotatable bonds is 4. The molecular weight excluding hydrogens is 272 g/mol. The number of amidine groups is 2. The molecule has 0 atom stereocenters. The first-order valence-corrected chi connectivity index (χ1v) is 5.99. The van der Waals surface area contributed by atoms with Crippen molar-refractivity contribution in [3.63, 3.8) is 0 Å². The average molecular weight is 286 g/mol. The third kappa shape index (κ3) is 3.03. The highest BCUT2D eigenvalue weighted by molar-refractivity contribution is 6.01. The van der Waals surface area contributed by atoms with Gasteiger partial charge in [-0.2, -0.15) is 0 Å². The van der Waals surface area contributed by atoms with Crippen molar-refractivity contribution in [3.05, 3.63) is 59.7 Å². The Labute approximate surface area is 120 Å². The van der Waals surface area contributed by atoms with E-state index in [2.05, 4.69) is 10.3 Å². The van der Waals surface area contributed by atoms with Crippen LogP contribution in [0.4, 0.5) is 0 Å². The normalized spacial score (nSPS) is 12.2. The van der Waals surface area contributed by atoms with Crippen LogP contribution >= 0.6 is 0 Å². The lowest BCUT2D eigenvalue weighted by atomic mass is 10.1. The smallest absolute Gasteiger partial charge is 0.173 e. The van der Waals surface area contributed by atoms with Crippen LogP contribution in [0.1, 0.15) is 11.1 Å². The molecular formula is C14H14N4O3. The van der Waals surface area contributed by atoms with Gasteiger partial charge in [0, 0.05) is 0 Å². The average Bonchev–Trinajstić information content (AvgIpc) is 2.54. The Bertz CT molecular complexity index is 639. The van der Waals surface area contributed by atoms with E-state index in [-0.39, 0.29) is 11.7 Å². The SMILES string of the molecule is N/C(=N\O)c1ccccc1Oc1ccccc1/C(N)=N/O. The Kier molecular flexibility index (Phi) is 4.25. The summed E-state index contributed by atoms with van der Waals surface area (Å²) in [5, 5.41) is 23.5. The van der Waals surface area contributed by atoms with Gasteiger partial charge in [0.1, 0.15) is 11.5 Å². The Morgan fingerprint density at radius 3 is 1.52 bits per heavy atom. The fraction of sp³-hybridized carbons (Fsp3) is 0. The summed E-state index contributed by atoms with van der Waals surface area (Å²) in [6.07, 6.45) is 0. The van der Waals surface area contributed by atoms with Gasteiger partial charge in [0.2, 0.25) is 0 Å². The lowest BCUT2D eigenvalue weighted by molar-refractivity contribution is 0.318. The van der Waals surface area contributed by atoms with E-state index in [0.717, 1.165) is 0 Å². The molecule has 0 aliphatic heterocycles. The zero-order valence-electron chi connectivity index (χ0n) is 11.0. The van der Waals surface area contributed by atoms with E-state index < -0.39 is 0 Å². The molecule has 0 saturated carbocycles. The van der Waals surface area contributed by atoms with Crippen LogP contribution in [0.25, 0.3) is 0 Å². The van der Waals surface area contributed by atoms with Crippen molar-refractivity contribution in [2.24, 2.45) is 21.8 Å². The molecule has 2 aromatic carbocycles. The molecule has 0 aliphatic carbocycles. The van der Waals surface area contributed by atoms with Crippen molar-refractivity contribution in [1.82, 2.24) is 0 Å². The Balaban J connectivity index is 2.45. The molecule has 0 fully saturated rings. The fourth-order valence-electron chi connectivity index (χ4n) is 1.76. The van der Waals surface area contributed by atoms with E-state index in [1.165, 1.54) is 0 Å². The fourth-order valence-corrected chi connectivity index (χ4v) is 1.76. The first kappa shape index (κ1) is 14.2. The zero-order chi connectivity index (χ0) is 15.2. The standard InChI is InChI=1S/C14H14N4O3/c15-13(17-19)9-5-1-3-7-11(9)21-12-8-4-2-6-10(12)14(16)18-20/h1-8,19-20H,(H2,15,17)(H2,16,18). The van der Waals surface area contributed by atoms with E-state index in [1.807, 2.05) is 0 Å². The van der Waals surface area contributed by atoms with Gasteiger partial charge in [0.05, 0.1) is 11.1 Å². The lowest BCUT2D eigenvalue weighted by Crippen LogP contribution is -2.16. The number of ether oxygens (including phenoxy) is 1. The number of hydrogen-bond acceptors (Lipinski definition) is 5. The molecule has 7 nitrogen and oxygen atoms in total. The first-order chi connectivity index (χ1) is 10.2. The summed E-state index contributed by atoms with van der Waals surface area (Å²) >= 11 is 0. The topological polar surface area (TPSA) is 126 Å². The Morgan fingerprint density at radius 1 is 0.762 bits per heavy atom. The van der Waals surface area contributed by atoms with Crippen molar-refractivity contribution in [2.45, 2.75) is 0 Å². The largest absolute Gasteiger partial charge is 0.456 e. The minimum absolute atomic E-state index is 0.0770. The number of oxime groups is 2. The van der Waals surface area contributed by atoms with Gasteiger partial charge in [-0.25, -0.2) is 0 Å². The number of nitrogens with zero attached hydrogens (tertiary/aromatic N) is 2. The molecule has 0 radical (unpaired) electrons. The van der Waals surface area contributed by atoms with Crippen LogP contribution < -0.4 is 16.2 Å². The molecule has 0 aromatic heterocycles. The van der Waals surface area contributed by atoms with Crippen molar-refractivity contribution in [3.8, 4) is 11.5 Å². The Hall–Kier alpha value is -3.22. The molecule has 0 amide bonds. The highest BCUT2D eigenvalue weighted by Gasteiger charge is 2.12. The second kappa shape index (κ2) is 6.29. The van der Waals surface area contributed by atoms with Crippen LogP contribution in [0.2, 0.25) is 0 Å². The zero-order valence-corrected chi connectivity index (χ0v) is 11.0. The number of para-hydroxylation sites is 2. The van der Waals surface area contributed by atoms with Crippen LogP contribution in [0.15, 0.2) is 58.8 Å². The molecule has 0 spiro atoms. The maximum Gasteiger partial charge on any atom is 0.173 e. The minimum atomic E-state index is -0.0770. The maximum atomic E-state index is 8.79. The van der Waals surface area contributed by atoms with Crippen LogP contribution in [0, 0.1) is 0 Å². The van der Waals surface area contributed by atoms with Gasteiger partial charge in [-0.15, -0.1) is 0 Å². The highest BCUT2D eigenvalue weighted by atomic mass is 16.5. The first-order valence-electron chi connectivity index (χ1n) is 5.99. The molecule has 0 aliphatic rings. The molecule has 2 aromatic rings.